The van der Waals surface area contributed by atoms with Gasteiger partial charge in [0.25, 0.3) is 0 Å². The van der Waals surface area contributed by atoms with Gasteiger partial charge in [-0.1, -0.05) is 12.1 Å². The lowest BCUT2D eigenvalue weighted by Crippen LogP contribution is -2.09. The molecule has 3 aromatic rings. The zero-order valence-corrected chi connectivity index (χ0v) is 14.0. The van der Waals surface area contributed by atoms with E-state index in [2.05, 4.69) is 25.6 Å². The molecule has 3 rings (SSSR count). The fourth-order valence-corrected chi connectivity index (χ4v) is 2.43. The highest BCUT2D eigenvalue weighted by atomic mass is 19.1. The standard InChI is InChI=1S/C19H20FN5/c1-14-24-18(22-11-8-15-2-4-17(20)5-3-15)12-19(25-14)23-13-16-6-9-21-10-7-16/h2-7,9-10,12H,8,11,13H2,1H3,(H2,22,23,24,25). The molecule has 0 spiro atoms. The fourth-order valence-electron chi connectivity index (χ4n) is 2.43. The first-order chi connectivity index (χ1) is 12.2. The van der Waals surface area contributed by atoms with Crippen molar-refractivity contribution in [3.8, 4) is 0 Å². The Bertz CT molecular complexity index is 806. The van der Waals surface area contributed by atoms with Gasteiger partial charge in [0.2, 0.25) is 0 Å². The van der Waals surface area contributed by atoms with Gasteiger partial charge in [0, 0.05) is 31.5 Å². The Balaban J connectivity index is 1.56. The summed E-state index contributed by atoms with van der Waals surface area (Å²) >= 11 is 0. The number of nitrogens with one attached hydrogen (secondary N) is 2. The van der Waals surface area contributed by atoms with Crippen molar-refractivity contribution in [1.82, 2.24) is 15.0 Å². The number of aryl methyl sites for hydroxylation is 1. The van der Waals surface area contributed by atoms with E-state index in [9.17, 15) is 4.39 Å². The van der Waals surface area contributed by atoms with E-state index in [1.54, 1.807) is 24.5 Å². The predicted molar refractivity (Wildman–Crippen MR) is 96.9 cm³/mol. The van der Waals surface area contributed by atoms with E-state index in [4.69, 9.17) is 0 Å². The Labute approximate surface area is 146 Å². The molecule has 2 heterocycles. The van der Waals surface area contributed by atoms with Crippen molar-refractivity contribution in [2.45, 2.75) is 19.9 Å². The molecule has 1 aromatic carbocycles. The molecule has 25 heavy (non-hydrogen) atoms. The molecule has 0 atom stereocenters. The molecule has 0 aliphatic carbocycles. The van der Waals surface area contributed by atoms with Crippen molar-refractivity contribution < 1.29 is 4.39 Å². The molecular formula is C19H20FN5. The smallest absolute Gasteiger partial charge is 0.132 e. The van der Waals surface area contributed by atoms with Gasteiger partial charge in [0.1, 0.15) is 23.3 Å². The van der Waals surface area contributed by atoms with E-state index in [1.165, 1.54) is 12.1 Å². The first kappa shape index (κ1) is 16.8. The zero-order valence-electron chi connectivity index (χ0n) is 14.0. The Morgan fingerprint density at radius 3 is 2.28 bits per heavy atom. The SMILES string of the molecule is Cc1nc(NCCc2ccc(F)cc2)cc(NCc2ccncc2)n1. The summed E-state index contributed by atoms with van der Waals surface area (Å²) in [4.78, 5) is 12.8. The molecule has 0 aliphatic heterocycles. The van der Waals surface area contributed by atoms with Crippen molar-refractivity contribution in [2.24, 2.45) is 0 Å². The van der Waals surface area contributed by atoms with Crippen LogP contribution < -0.4 is 10.6 Å². The van der Waals surface area contributed by atoms with Crippen molar-refractivity contribution >= 4 is 11.6 Å². The Kier molecular flexibility index (Phi) is 5.51. The van der Waals surface area contributed by atoms with Crippen LogP contribution >= 0.6 is 0 Å². The first-order valence-electron chi connectivity index (χ1n) is 8.16. The molecule has 2 N–H and O–H groups in total. The monoisotopic (exact) mass is 337 g/mol. The predicted octanol–water partition coefficient (Wildman–Crippen LogP) is 3.59. The van der Waals surface area contributed by atoms with Crippen molar-refractivity contribution in [3.05, 3.63) is 77.6 Å². The third-order valence-corrected chi connectivity index (χ3v) is 3.69. The number of halogens is 1. The van der Waals surface area contributed by atoms with E-state index >= 15 is 0 Å². The molecule has 5 nitrogen and oxygen atoms in total. The quantitative estimate of drug-likeness (QED) is 0.690. The van der Waals surface area contributed by atoms with Gasteiger partial charge in [0.15, 0.2) is 0 Å². The van der Waals surface area contributed by atoms with Crippen LogP contribution in [0.3, 0.4) is 0 Å². The van der Waals surface area contributed by atoms with Gasteiger partial charge in [-0.3, -0.25) is 4.98 Å². The minimum Gasteiger partial charge on any atom is -0.370 e. The van der Waals surface area contributed by atoms with Crippen LogP contribution in [0.15, 0.2) is 54.9 Å². The number of rotatable bonds is 7. The molecule has 0 saturated carbocycles. The number of pyridine rings is 1. The molecule has 0 saturated heterocycles. The van der Waals surface area contributed by atoms with Crippen LogP contribution in [0.4, 0.5) is 16.0 Å². The first-order valence-corrected chi connectivity index (χ1v) is 8.16. The molecule has 128 valence electrons. The molecule has 6 heteroatoms. The molecule has 0 bridgehead atoms. The van der Waals surface area contributed by atoms with Crippen LogP contribution in [-0.4, -0.2) is 21.5 Å². The van der Waals surface area contributed by atoms with Gasteiger partial charge in [-0.15, -0.1) is 0 Å². The highest BCUT2D eigenvalue weighted by molar-refractivity contribution is 5.47. The van der Waals surface area contributed by atoms with Gasteiger partial charge < -0.3 is 10.6 Å². The summed E-state index contributed by atoms with van der Waals surface area (Å²) in [6, 6.07) is 12.4. The largest absolute Gasteiger partial charge is 0.370 e. The molecule has 2 aromatic heterocycles. The van der Waals surface area contributed by atoms with Gasteiger partial charge >= 0.3 is 0 Å². The Morgan fingerprint density at radius 2 is 1.56 bits per heavy atom. The second-order valence-corrected chi connectivity index (χ2v) is 5.70. The van der Waals surface area contributed by atoms with E-state index < -0.39 is 0 Å². The van der Waals surface area contributed by atoms with E-state index in [0.717, 1.165) is 29.2 Å². The van der Waals surface area contributed by atoms with Crippen LogP contribution in [-0.2, 0) is 13.0 Å². The van der Waals surface area contributed by atoms with Gasteiger partial charge in [0.05, 0.1) is 0 Å². The summed E-state index contributed by atoms with van der Waals surface area (Å²) in [5.74, 6) is 2.03. The highest BCUT2D eigenvalue weighted by Crippen LogP contribution is 2.13. The van der Waals surface area contributed by atoms with Crippen molar-refractivity contribution in [3.63, 3.8) is 0 Å². The average Bonchev–Trinajstić information content (AvgIpc) is 2.62. The average molecular weight is 337 g/mol. The van der Waals surface area contributed by atoms with Crippen molar-refractivity contribution in [2.75, 3.05) is 17.2 Å². The summed E-state index contributed by atoms with van der Waals surface area (Å²) in [7, 11) is 0. The molecule has 0 fully saturated rings. The van der Waals surface area contributed by atoms with E-state index in [1.807, 2.05) is 25.1 Å². The highest BCUT2D eigenvalue weighted by Gasteiger charge is 2.02. The second kappa shape index (κ2) is 8.19. The van der Waals surface area contributed by atoms with Crippen LogP contribution in [0.25, 0.3) is 0 Å². The lowest BCUT2D eigenvalue weighted by atomic mass is 10.1. The lowest BCUT2D eigenvalue weighted by Gasteiger charge is -2.10. The van der Waals surface area contributed by atoms with Gasteiger partial charge in [-0.25, -0.2) is 14.4 Å². The number of aromatic nitrogens is 3. The minimum absolute atomic E-state index is 0.215. The van der Waals surface area contributed by atoms with E-state index in [-0.39, 0.29) is 5.82 Å². The number of anilines is 2. The Hall–Kier alpha value is -3.02. The van der Waals surface area contributed by atoms with Gasteiger partial charge in [-0.05, 0) is 48.7 Å². The molecule has 0 unspecified atom stereocenters. The summed E-state index contributed by atoms with van der Waals surface area (Å²) in [5.41, 5.74) is 2.22. The topological polar surface area (TPSA) is 62.7 Å². The maximum atomic E-state index is 12.9. The van der Waals surface area contributed by atoms with Gasteiger partial charge in [-0.2, -0.15) is 0 Å². The number of nitrogens with zero attached hydrogens (tertiary/aromatic N) is 3. The normalized spacial score (nSPS) is 10.5. The number of hydrogen-bond acceptors (Lipinski definition) is 5. The fraction of sp³-hybridized carbons (Fsp3) is 0.211. The third-order valence-electron chi connectivity index (χ3n) is 3.69. The molecule has 0 amide bonds. The maximum absolute atomic E-state index is 12.9. The third kappa shape index (κ3) is 5.24. The zero-order chi connectivity index (χ0) is 17.5. The molecule has 0 aliphatic rings. The number of benzene rings is 1. The molecular weight excluding hydrogens is 317 g/mol. The molecule has 0 radical (unpaired) electrons. The van der Waals surface area contributed by atoms with Crippen LogP contribution in [0, 0.1) is 12.7 Å². The number of hydrogen-bond donors (Lipinski definition) is 2. The second-order valence-electron chi connectivity index (χ2n) is 5.70. The summed E-state index contributed by atoms with van der Waals surface area (Å²) in [5, 5.41) is 6.59. The van der Waals surface area contributed by atoms with E-state index in [0.29, 0.717) is 18.9 Å². The van der Waals surface area contributed by atoms with Crippen LogP contribution in [0.2, 0.25) is 0 Å². The summed E-state index contributed by atoms with van der Waals surface area (Å²) < 4.78 is 12.9. The summed E-state index contributed by atoms with van der Waals surface area (Å²) in [6.45, 7) is 3.25. The summed E-state index contributed by atoms with van der Waals surface area (Å²) in [6.07, 6.45) is 4.33. The lowest BCUT2D eigenvalue weighted by molar-refractivity contribution is 0.627. The van der Waals surface area contributed by atoms with Crippen LogP contribution in [0.5, 0.6) is 0 Å². The van der Waals surface area contributed by atoms with Crippen molar-refractivity contribution in [1.29, 1.82) is 0 Å². The van der Waals surface area contributed by atoms with Crippen LogP contribution in [0.1, 0.15) is 17.0 Å². The minimum atomic E-state index is -0.215. The Morgan fingerprint density at radius 1 is 0.880 bits per heavy atom. The maximum Gasteiger partial charge on any atom is 0.132 e.